The molecule has 1 saturated heterocycles. The lowest BCUT2D eigenvalue weighted by molar-refractivity contribution is -0.0509. The molecule has 1 saturated carbocycles. The van der Waals surface area contributed by atoms with E-state index in [1.54, 1.807) is 0 Å². The molecule has 1 aliphatic carbocycles. The van der Waals surface area contributed by atoms with Crippen molar-refractivity contribution in [3.8, 4) is 11.8 Å². The van der Waals surface area contributed by atoms with Crippen LogP contribution in [0.3, 0.4) is 0 Å². The second-order valence-corrected chi connectivity index (χ2v) is 6.07. The molecule has 106 valence electrons. The summed E-state index contributed by atoms with van der Waals surface area (Å²) in [6.45, 7) is 2.60. The first kappa shape index (κ1) is 13.5. The summed E-state index contributed by atoms with van der Waals surface area (Å²) in [5.74, 6) is 0.806. The van der Waals surface area contributed by atoms with Gasteiger partial charge in [-0.15, -0.1) is 0 Å². The van der Waals surface area contributed by atoms with E-state index in [9.17, 15) is 0 Å². The van der Waals surface area contributed by atoms with Crippen molar-refractivity contribution in [3.63, 3.8) is 0 Å². The van der Waals surface area contributed by atoms with Crippen LogP contribution in [0.25, 0.3) is 0 Å². The van der Waals surface area contributed by atoms with Gasteiger partial charge in [0.05, 0.1) is 23.3 Å². The smallest absolute Gasteiger partial charge is 0.123 e. The number of nitrogens with zero attached hydrogens (tertiary/aromatic N) is 1. The highest BCUT2D eigenvalue weighted by Gasteiger charge is 2.42. The SMILES string of the molecule is Cc1ccc(C#N)cc1OCC1CCC2(CCCC2)O1. The number of hydrogen-bond donors (Lipinski definition) is 0. The Bertz CT molecular complexity index is 526. The molecule has 2 aliphatic rings. The van der Waals surface area contributed by atoms with Crippen LogP contribution in [0.15, 0.2) is 18.2 Å². The van der Waals surface area contributed by atoms with Crippen LogP contribution in [0.1, 0.15) is 49.7 Å². The van der Waals surface area contributed by atoms with Crippen LogP contribution >= 0.6 is 0 Å². The van der Waals surface area contributed by atoms with E-state index < -0.39 is 0 Å². The van der Waals surface area contributed by atoms with E-state index in [1.807, 2.05) is 25.1 Å². The Morgan fingerprint density at radius 1 is 1.35 bits per heavy atom. The maximum atomic E-state index is 8.94. The van der Waals surface area contributed by atoms with Crippen molar-refractivity contribution < 1.29 is 9.47 Å². The van der Waals surface area contributed by atoms with E-state index in [-0.39, 0.29) is 11.7 Å². The fraction of sp³-hybridized carbons (Fsp3) is 0.588. The van der Waals surface area contributed by atoms with E-state index in [0.717, 1.165) is 17.7 Å². The minimum absolute atomic E-state index is 0.164. The standard InChI is InChI=1S/C17H21NO2/c1-13-4-5-14(11-18)10-16(13)19-12-15-6-9-17(20-15)7-2-3-8-17/h4-5,10,15H,2-3,6-9,12H2,1H3. The fourth-order valence-electron chi connectivity index (χ4n) is 3.41. The van der Waals surface area contributed by atoms with Crippen molar-refractivity contribution >= 4 is 0 Å². The van der Waals surface area contributed by atoms with Crippen molar-refractivity contribution in [3.05, 3.63) is 29.3 Å². The van der Waals surface area contributed by atoms with Crippen molar-refractivity contribution in [1.82, 2.24) is 0 Å². The van der Waals surface area contributed by atoms with Gasteiger partial charge in [0.25, 0.3) is 0 Å². The Kier molecular flexibility index (Phi) is 3.67. The maximum Gasteiger partial charge on any atom is 0.123 e. The Hall–Kier alpha value is -1.53. The van der Waals surface area contributed by atoms with Crippen LogP contribution < -0.4 is 4.74 Å². The second kappa shape index (κ2) is 5.46. The van der Waals surface area contributed by atoms with Gasteiger partial charge in [0.15, 0.2) is 0 Å². The van der Waals surface area contributed by atoms with Gasteiger partial charge in [-0.2, -0.15) is 5.26 Å². The molecule has 1 aromatic carbocycles. The third-order valence-corrected chi connectivity index (χ3v) is 4.60. The minimum atomic E-state index is 0.164. The van der Waals surface area contributed by atoms with Gasteiger partial charge >= 0.3 is 0 Å². The fourth-order valence-corrected chi connectivity index (χ4v) is 3.41. The number of rotatable bonds is 3. The lowest BCUT2D eigenvalue weighted by atomic mass is 9.98. The van der Waals surface area contributed by atoms with Crippen molar-refractivity contribution in [2.45, 2.75) is 57.2 Å². The highest BCUT2D eigenvalue weighted by Crippen LogP contribution is 2.43. The highest BCUT2D eigenvalue weighted by atomic mass is 16.6. The molecular weight excluding hydrogens is 250 g/mol. The summed E-state index contributed by atoms with van der Waals surface area (Å²) in [7, 11) is 0. The number of ether oxygens (including phenoxy) is 2. The van der Waals surface area contributed by atoms with Crippen LogP contribution in [0.2, 0.25) is 0 Å². The summed E-state index contributed by atoms with van der Waals surface area (Å²) in [5.41, 5.74) is 1.88. The van der Waals surface area contributed by atoms with Crippen molar-refractivity contribution in [2.75, 3.05) is 6.61 Å². The zero-order valence-corrected chi connectivity index (χ0v) is 12.0. The van der Waals surface area contributed by atoms with Crippen LogP contribution in [0, 0.1) is 18.3 Å². The van der Waals surface area contributed by atoms with Gasteiger partial charge in [0, 0.05) is 0 Å². The first-order valence-electron chi connectivity index (χ1n) is 7.52. The largest absolute Gasteiger partial charge is 0.491 e. The zero-order chi connectivity index (χ0) is 14.0. The van der Waals surface area contributed by atoms with E-state index >= 15 is 0 Å². The number of hydrogen-bond acceptors (Lipinski definition) is 3. The van der Waals surface area contributed by atoms with Crippen molar-refractivity contribution in [2.24, 2.45) is 0 Å². The molecule has 0 amide bonds. The van der Waals surface area contributed by atoms with Crippen LogP contribution in [-0.2, 0) is 4.74 Å². The molecule has 3 nitrogen and oxygen atoms in total. The normalized spacial score (nSPS) is 23.9. The molecule has 1 unspecified atom stereocenters. The van der Waals surface area contributed by atoms with Gasteiger partial charge in [0.1, 0.15) is 12.4 Å². The molecule has 1 aliphatic heterocycles. The molecule has 3 rings (SSSR count). The monoisotopic (exact) mass is 271 g/mol. The second-order valence-electron chi connectivity index (χ2n) is 6.07. The first-order valence-corrected chi connectivity index (χ1v) is 7.52. The quantitative estimate of drug-likeness (QED) is 0.841. The summed E-state index contributed by atoms with van der Waals surface area (Å²) in [6.07, 6.45) is 7.51. The van der Waals surface area contributed by atoms with Crippen LogP contribution in [0.4, 0.5) is 0 Å². The Morgan fingerprint density at radius 2 is 2.15 bits per heavy atom. The van der Waals surface area contributed by atoms with Gasteiger partial charge in [-0.25, -0.2) is 0 Å². The number of benzene rings is 1. The highest BCUT2D eigenvalue weighted by molar-refractivity contribution is 5.41. The number of nitriles is 1. The Balaban J connectivity index is 1.59. The lowest BCUT2D eigenvalue weighted by Gasteiger charge is -2.24. The average molecular weight is 271 g/mol. The molecule has 1 spiro atoms. The zero-order valence-electron chi connectivity index (χ0n) is 12.0. The molecule has 0 aromatic heterocycles. The van der Waals surface area contributed by atoms with Gasteiger partial charge in [-0.3, -0.25) is 0 Å². The molecule has 0 radical (unpaired) electrons. The van der Waals surface area contributed by atoms with E-state index in [0.29, 0.717) is 12.2 Å². The summed E-state index contributed by atoms with van der Waals surface area (Å²) in [6, 6.07) is 7.72. The predicted molar refractivity (Wildman–Crippen MR) is 76.7 cm³/mol. The molecule has 2 fully saturated rings. The van der Waals surface area contributed by atoms with Gasteiger partial charge in [-0.1, -0.05) is 18.9 Å². The molecule has 3 heteroatoms. The van der Waals surface area contributed by atoms with E-state index in [1.165, 1.54) is 32.1 Å². The van der Waals surface area contributed by atoms with E-state index in [4.69, 9.17) is 14.7 Å². The van der Waals surface area contributed by atoms with Crippen LogP contribution in [0.5, 0.6) is 5.75 Å². The average Bonchev–Trinajstić information content (AvgIpc) is 3.09. The molecular formula is C17H21NO2. The minimum Gasteiger partial charge on any atom is -0.491 e. The predicted octanol–water partition coefficient (Wildman–Crippen LogP) is 3.74. The molecule has 1 heterocycles. The third kappa shape index (κ3) is 2.66. The number of aryl methyl sites for hydroxylation is 1. The van der Waals surface area contributed by atoms with E-state index in [2.05, 4.69) is 6.07 Å². The third-order valence-electron chi connectivity index (χ3n) is 4.60. The Labute approximate surface area is 120 Å². The summed E-state index contributed by atoms with van der Waals surface area (Å²) >= 11 is 0. The van der Waals surface area contributed by atoms with Crippen molar-refractivity contribution in [1.29, 1.82) is 5.26 Å². The Morgan fingerprint density at radius 3 is 2.90 bits per heavy atom. The molecule has 20 heavy (non-hydrogen) atoms. The summed E-state index contributed by atoms with van der Waals surface area (Å²) in [4.78, 5) is 0. The topological polar surface area (TPSA) is 42.2 Å². The maximum absolute atomic E-state index is 8.94. The van der Waals surface area contributed by atoms with Crippen LogP contribution in [-0.4, -0.2) is 18.3 Å². The lowest BCUT2D eigenvalue weighted by Crippen LogP contribution is -2.27. The molecule has 0 N–H and O–H groups in total. The molecule has 1 aromatic rings. The molecule has 1 atom stereocenters. The first-order chi connectivity index (χ1) is 9.71. The molecule has 0 bridgehead atoms. The van der Waals surface area contributed by atoms with Gasteiger partial charge in [0.2, 0.25) is 0 Å². The summed E-state index contributed by atoms with van der Waals surface area (Å²) < 4.78 is 12.1. The van der Waals surface area contributed by atoms with Gasteiger partial charge in [-0.05, 0) is 50.3 Å². The van der Waals surface area contributed by atoms with Gasteiger partial charge < -0.3 is 9.47 Å². The summed E-state index contributed by atoms with van der Waals surface area (Å²) in [5, 5.41) is 8.94.